The predicted molar refractivity (Wildman–Crippen MR) is 86.1 cm³/mol. The van der Waals surface area contributed by atoms with Gasteiger partial charge in [-0.2, -0.15) is 0 Å². The average Bonchev–Trinajstić information content (AvgIpc) is 2.94. The second kappa shape index (κ2) is 6.31. The molecule has 0 saturated carbocycles. The van der Waals surface area contributed by atoms with Gasteiger partial charge in [-0.1, -0.05) is 54.1 Å². The van der Waals surface area contributed by atoms with Crippen molar-refractivity contribution >= 4 is 22.6 Å². The smallest absolute Gasteiger partial charge is 0.152 e. The first-order valence-electron chi connectivity index (χ1n) is 6.96. The maximum atomic E-state index is 6.15. The van der Waals surface area contributed by atoms with Gasteiger partial charge in [0.2, 0.25) is 0 Å². The van der Waals surface area contributed by atoms with Crippen molar-refractivity contribution in [3.05, 3.63) is 70.9 Å². The predicted octanol–water partition coefficient (Wildman–Crippen LogP) is 4.22. The summed E-state index contributed by atoms with van der Waals surface area (Å²) in [6.07, 6.45) is 1.79. The van der Waals surface area contributed by atoms with Crippen molar-refractivity contribution in [3.8, 4) is 0 Å². The lowest BCUT2D eigenvalue weighted by Gasteiger charge is -2.13. The summed E-state index contributed by atoms with van der Waals surface area (Å²) in [5, 5.41) is 1.62. The van der Waals surface area contributed by atoms with Gasteiger partial charge in [-0.15, -0.1) is 0 Å². The number of furan rings is 1. The molecular weight excluding hydrogens is 284 g/mol. The van der Waals surface area contributed by atoms with E-state index in [0.29, 0.717) is 10.6 Å². The Hall–Kier alpha value is -1.81. The molecule has 1 atom stereocenters. The number of aryl methyl sites for hydroxylation is 1. The molecule has 2 aromatic carbocycles. The number of fused-ring (bicyclic) bond motifs is 1. The standard InChI is InChI=1S/C17H17ClN2O/c18-14-8-4-7-13-11-16(21-17(13)14)15(20-19)10-9-12-5-2-1-3-6-12/h1-8,11,15,20H,9-10,19H2. The molecule has 21 heavy (non-hydrogen) atoms. The van der Waals surface area contributed by atoms with Crippen LogP contribution in [0.15, 0.2) is 59.0 Å². The highest BCUT2D eigenvalue weighted by molar-refractivity contribution is 6.34. The molecule has 0 aliphatic carbocycles. The molecule has 108 valence electrons. The first kappa shape index (κ1) is 14.1. The third kappa shape index (κ3) is 3.10. The van der Waals surface area contributed by atoms with Crippen LogP contribution >= 0.6 is 11.6 Å². The summed E-state index contributed by atoms with van der Waals surface area (Å²) in [6, 6.07) is 18.0. The van der Waals surface area contributed by atoms with Crippen LogP contribution in [-0.2, 0) is 6.42 Å². The van der Waals surface area contributed by atoms with E-state index in [1.807, 2.05) is 42.5 Å². The summed E-state index contributed by atoms with van der Waals surface area (Å²) < 4.78 is 5.87. The minimum Gasteiger partial charge on any atom is -0.458 e. The molecule has 0 bridgehead atoms. The van der Waals surface area contributed by atoms with Crippen molar-refractivity contribution in [2.45, 2.75) is 18.9 Å². The highest BCUT2D eigenvalue weighted by Crippen LogP contribution is 2.30. The Kier molecular flexibility index (Phi) is 4.25. The molecule has 0 aliphatic rings. The Bertz CT molecular complexity index is 724. The molecule has 1 unspecified atom stereocenters. The average molecular weight is 301 g/mol. The fraction of sp³-hybridized carbons (Fsp3) is 0.176. The first-order chi connectivity index (χ1) is 10.3. The lowest BCUT2D eigenvalue weighted by Crippen LogP contribution is -2.28. The first-order valence-corrected chi connectivity index (χ1v) is 7.34. The van der Waals surface area contributed by atoms with E-state index in [0.717, 1.165) is 24.0 Å². The number of halogens is 1. The topological polar surface area (TPSA) is 51.2 Å². The van der Waals surface area contributed by atoms with Crippen LogP contribution in [0.25, 0.3) is 11.0 Å². The van der Waals surface area contributed by atoms with Gasteiger partial charge in [0.05, 0.1) is 11.1 Å². The lowest BCUT2D eigenvalue weighted by molar-refractivity contribution is 0.417. The summed E-state index contributed by atoms with van der Waals surface area (Å²) >= 11 is 6.15. The van der Waals surface area contributed by atoms with Crippen LogP contribution in [0, 0.1) is 0 Å². The zero-order chi connectivity index (χ0) is 14.7. The van der Waals surface area contributed by atoms with Crippen molar-refractivity contribution in [1.29, 1.82) is 0 Å². The van der Waals surface area contributed by atoms with Gasteiger partial charge in [0.25, 0.3) is 0 Å². The highest BCUT2D eigenvalue weighted by atomic mass is 35.5. The third-order valence-electron chi connectivity index (χ3n) is 3.62. The minimum absolute atomic E-state index is 0.0336. The monoisotopic (exact) mass is 300 g/mol. The van der Waals surface area contributed by atoms with E-state index >= 15 is 0 Å². The molecule has 0 amide bonds. The van der Waals surface area contributed by atoms with Crippen LogP contribution in [0.3, 0.4) is 0 Å². The molecule has 3 aromatic rings. The van der Waals surface area contributed by atoms with Crippen LogP contribution < -0.4 is 11.3 Å². The van der Waals surface area contributed by atoms with E-state index in [-0.39, 0.29) is 6.04 Å². The van der Waals surface area contributed by atoms with E-state index in [2.05, 4.69) is 17.6 Å². The Morgan fingerprint density at radius 1 is 1.10 bits per heavy atom. The Labute approximate surface area is 128 Å². The second-order valence-electron chi connectivity index (χ2n) is 5.05. The SMILES string of the molecule is NNC(CCc1ccccc1)c1cc2cccc(Cl)c2o1. The molecule has 3 rings (SSSR count). The fourth-order valence-electron chi connectivity index (χ4n) is 2.48. The molecule has 3 N–H and O–H groups in total. The maximum Gasteiger partial charge on any atom is 0.152 e. The van der Waals surface area contributed by atoms with Gasteiger partial charge in [-0.3, -0.25) is 5.84 Å². The summed E-state index contributed by atoms with van der Waals surface area (Å²) in [6.45, 7) is 0. The molecule has 1 aromatic heterocycles. The van der Waals surface area contributed by atoms with Crippen molar-refractivity contribution < 1.29 is 4.42 Å². The van der Waals surface area contributed by atoms with Crippen LogP contribution in [-0.4, -0.2) is 0 Å². The largest absolute Gasteiger partial charge is 0.458 e. The third-order valence-corrected chi connectivity index (χ3v) is 3.92. The molecule has 0 spiro atoms. The Morgan fingerprint density at radius 2 is 1.90 bits per heavy atom. The number of hydrogen-bond acceptors (Lipinski definition) is 3. The Balaban J connectivity index is 1.80. The van der Waals surface area contributed by atoms with Gasteiger partial charge in [-0.05, 0) is 30.5 Å². The number of rotatable bonds is 5. The number of nitrogens with one attached hydrogen (secondary N) is 1. The summed E-state index contributed by atoms with van der Waals surface area (Å²) in [5.74, 6) is 6.50. The number of hydrazine groups is 1. The molecule has 0 radical (unpaired) electrons. The van der Waals surface area contributed by atoms with Crippen molar-refractivity contribution in [2.24, 2.45) is 5.84 Å². The van der Waals surface area contributed by atoms with E-state index < -0.39 is 0 Å². The number of hydrogen-bond donors (Lipinski definition) is 2. The van der Waals surface area contributed by atoms with E-state index in [9.17, 15) is 0 Å². The molecule has 0 saturated heterocycles. The van der Waals surface area contributed by atoms with Gasteiger partial charge < -0.3 is 4.42 Å². The van der Waals surface area contributed by atoms with Crippen LogP contribution in [0.4, 0.5) is 0 Å². The van der Waals surface area contributed by atoms with Crippen molar-refractivity contribution in [2.75, 3.05) is 0 Å². The lowest BCUT2D eigenvalue weighted by atomic mass is 10.0. The second-order valence-corrected chi connectivity index (χ2v) is 5.46. The van der Waals surface area contributed by atoms with Gasteiger partial charge >= 0.3 is 0 Å². The normalized spacial score (nSPS) is 12.7. The molecule has 4 heteroatoms. The summed E-state index contributed by atoms with van der Waals surface area (Å²) in [7, 11) is 0. The maximum absolute atomic E-state index is 6.15. The van der Waals surface area contributed by atoms with Crippen LogP contribution in [0.1, 0.15) is 23.8 Å². The molecule has 0 fully saturated rings. The molecule has 3 nitrogen and oxygen atoms in total. The molecule has 0 aliphatic heterocycles. The van der Waals surface area contributed by atoms with Gasteiger partial charge in [0.1, 0.15) is 5.76 Å². The van der Waals surface area contributed by atoms with Crippen molar-refractivity contribution in [3.63, 3.8) is 0 Å². The van der Waals surface area contributed by atoms with Gasteiger partial charge in [0, 0.05) is 5.39 Å². The quantitative estimate of drug-likeness (QED) is 0.548. The highest BCUT2D eigenvalue weighted by Gasteiger charge is 2.16. The molecule has 1 heterocycles. The van der Waals surface area contributed by atoms with E-state index in [1.54, 1.807) is 0 Å². The molecular formula is C17H17ClN2O. The zero-order valence-corrected chi connectivity index (χ0v) is 12.3. The van der Waals surface area contributed by atoms with Crippen LogP contribution in [0.2, 0.25) is 5.02 Å². The zero-order valence-electron chi connectivity index (χ0n) is 11.6. The van der Waals surface area contributed by atoms with Crippen LogP contribution in [0.5, 0.6) is 0 Å². The van der Waals surface area contributed by atoms with Gasteiger partial charge in [0.15, 0.2) is 5.58 Å². The minimum atomic E-state index is -0.0336. The van der Waals surface area contributed by atoms with Crippen molar-refractivity contribution in [1.82, 2.24) is 5.43 Å². The van der Waals surface area contributed by atoms with E-state index in [1.165, 1.54) is 5.56 Å². The van der Waals surface area contributed by atoms with Gasteiger partial charge in [-0.25, -0.2) is 5.43 Å². The fourth-order valence-corrected chi connectivity index (χ4v) is 2.70. The summed E-state index contributed by atoms with van der Waals surface area (Å²) in [4.78, 5) is 0. The van der Waals surface area contributed by atoms with E-state index in [4.69, 9.17) is 21.9 Å². The summed E-state index contributed by atoms with van der Waals surface area (Å²) in [5.41, 5.74) is 4.83. The number of benzene rings is 2. The number of para-hydroxylation sites is 1. The number of nitrogens with two attached hydrogens (primary N) is 1. The Morgan fingerprint density at radius 3 is 2.62 bits per heavy atom.